The van der Waals surface area contributed by atoms with E-state index in [1.165, 1.54) is 17.7 Å². The Morgan fingerprint density at radius 1 is 1.00 bits per heavy atom. The number of pyridine rings is 1. The molecule has 0 saturated heterocycles. The van der Waals surface area contributed by atoms with Gasteiger partial charge in [0.2, 0.25) is 10.0 Å². The molecule has 4 N–H and O–H groups in total. The van der Waals surface area contributed by atoms with E-state index in [0.29, 0.717) is 17.5 Å². The van der Waals surface area contributed by atoms with E-state index < -0.39 is 10.0 Å². The van der Waals surface area contributed by atoms with Crippen LogP contribution in [-0.2, 0) is 22.9 Å². The average molecular weight is 495 g/mol. The first-order valence-corrected chi connectivity index (χ1v) is 12.8. The van der Waals surface area contributed by atoms with Gasteiger partial charge in [-0.1, -0.05) is 42.1 Å². The van der Waals surface area contributed by atoms with Crippen molar-refractivity contribution >= 4 is 21.6 Å². The Labute approximate surface area is 199 Å². The number of nitrogens with zero attached hydrogens (tertiary/aromatic N) is 4. The lowest BCUT2D eigenvalue weighted by Crippen LogP contribution is -2.24. The third-order valence-electron chi connectivity index (χ3n) is 5.42. The minimum absolute atomic E-state index is 0. The number of aryl methyl sites for hydroxylation is 2. The second-order valence-corrected chi connectivity index (χ2v) is 10.0. The zero-order valence-electron chi connectivity index (χ0n) is 18.5. The Balaban J connectivity index is 0.00000385. The van der Waals surface area contributed by atoms with Crippen molar-refractivity contribution in [2.45, 2.75) is 56.3 Å². The summed E-state index contributed by atoms with van der Waals surface area (Å²) >= 11 is 5.83. The molecular weight excluding hydrogens is 464 g/mol. The lowest BCUT2D eigenvalue weighted by atomic mass is 9.90. The second kappa shape index (κ2) is 14.0. The van der Waals surface area contributed by atoms with E-state index in [-0.39, 0.29) is 10.4 Å². The number of hydrogen-bond donors (Lipinski definition) is 2. The fraction of sp³-hybridized carbons (Fsp3) is 0.455. The highest BCUT2D eigenvalue weighted by Crippen LogP contribution is 2.22. The maximum absolute atomic E-state index is 12.4. The molecule has 1 aromatic carbocycles. The Kier molecular flexibility index (Phi) is 11.4. The van der Waals surface area contributed by atoms with Crippen LogP contribution in [-0.4, -0.2) is 46.0 Å². The van der Waals surface area contributed by atoms with E-state index >= 15 is 0 Å². The molecule has 3 aromatic rings. The van der Waals surface area contributed by atoms with Gasteiger partial charge in [0.05, 0.1) is 4.90 Å². The van der Waals surface area contributed by atoms with Crippen LogP contribution in [0.25, 0.3) is 0 Å². The van der Waals surface area contributed by atoms with E-state index in [9.17, 15) is 8.42 Å². The topological polar surface area (TPSA) is 145 Å². The number of sulfonamides is 1. The summed E-state index contributed by atoms with van der Waals surface area (Å²) in [5.74, 6) is 1.26. The van der Waals surface area contributed by atoms with E-state index in [1.807, 2.05) is 12.3 Å². The van der Waals surface area contributed by atoms with Crippen molar-refractivity contribution in [1.29, 1.82) is 0 Å². The van der Waals surface area contributed by atoms with Gasteiger partial charge in [0, 0.05) is 30.4 Å². The third-order valence-corrected chi connectivity index (χ3v) is 7.15. The van der Waals surface area contributed by atoms with E-state index in [0.717, 1.165) is 57.2 Å². The number of hydrogen-bond acceptors (Lipinski definition) is 6. The van der Waals surface area contributed by atoms with E-state index in [4.69, 9.17) is 11.6 Å². The van der Waals surface area contributed by atoms with Gasteiger partial charge in [-0.05, 0) is 67.5 Å². The van der Waals surface area contributed by atoms with Crippen molar-refractivity contribution in [3.8, 4) is 0 Å². The zero-order chi connectivity index (χ0) is 22.7. The summed E-state index contributed by atoms with van der Waals surface area (Å²) in [7, 11) is -3.50. The van der Waals surface area contributed by atoms with Gasteiger partial charge in [0.25, 0.3) is 0 Å². The van der Waals surface area contributed by atoms with Crippen molar-refractivity contribution in [3.05, 3.63) is 65.2 Å². The minimum Gasteiger partial charge on any atom is -0.412 e. The zero-order valence-corrected chi connectivity index (χ0v) is 20.0. The number of aromatic amines is 1. The first-order chi connectivity index (χ1) is 15.5. The quantitative estimate of drug-likeness (QED) is 0.329. The van der Waals surface area contributed by atoms with Crippen molar-refractivity contribution in [2.24, 2.45) is 5.92 Å². The molecule has 3 rings (SSSR count). The number of halogens is 1. The summed E-state index contributed by atoms with van der Waals surface area (Å²) in [6.07, 6.45) is 11.5. The third kappa shape index (κ3) is 9.55. The van der Waals surface area contributed by atoms with Crippen LogP contribution in [0.3, 0.4) is 0 Å². The Hall–Kier alpha value is -2.40. The van der Waals surface area contributed by atoms with Crippen LogP contribution in [0.15, 0.2) is 53.7 Å². The van der Waals surface area contributed by atoms with Crippen LogP contribution in [0.5, 0.6) is 0 Å². The highest BCUT2D eigenvalue weighted by atomic mass is 35.5. The molecule has 0 saturated carbocycles. The Morgan fingerprint density at radius 2 is 1.79 bits per heavy atom. The van der Waals surface area contributed by atoms with Gasteiger partial charge in [0.1, 0.15) is 0 Å². The largest absolute Gasteiger partial charge is 0.412 e. The molecule has 0 radical (unpaired) electrons. The normalized spacial score (nSPS) is 12.3. The minimum atomic E-state index is -3.50. The number of rotatable bonds is 14. The number of unbranched alkanes of at least 4 members (excludes halogenated alkanes) is 1. The molecule has 0 aliphatic heterocycles. The van der Waals surface area contributed by atoms with Gasteiger partial charge in [-0.3, -0.25) is 4.98 Å². The van der Waals surface area contributed by atoms with Crippen LogP contribution in [0.4, 0.5) is 0 Å². The second-order valence-electron chi connectivity index (χ2n) is 7.83. The van der Waals surface area contributed by atoms with Gasteiger partial charge >= 0.3 is 0 Å². The Morgan fingerprint density at radius 3 is 2.48 bits per heavy atom. The van der Waals surface area contributed by atoms with E-state index in [1.54, 1.807) is 18.3 Å². The van der Waals surface area contributed by atoms with Crippen molar-refractivity contribution in [1.82, 2.24) is 30.3 Å². The summed E-state index contributed by atoms with van der Waals surface area (Å²) < 4.78 is 27.4. The summed E-state index contributed by atoms with van der Waals surface area (Å²) in [4.78, 5) is 4.41. The van der Waals surface area contributed by atoms with Crippen LogP contribution >= 0.6 is 11.6 Å². The predicted molar refractivity (Wildman–Crippen MR) is 127 cm³/mol. The number of aromatic nitrogens is 5. The summed E-state index contributed by atoms with van der Waals surface area (Å²) in [5, 5.41) is 14.7. The van der Waals surface area contributed by atoms with Crippen molar-refractivity contribution in [2.75, 3.05) is 6.54 Å². The lowest BCUT2D eigenvalue weighted by Gasteiger charge is -2.16. The molecule has 0 bridgehead atoms. The maximum atomic E-state index is 12.4. The van der Waals surface area contributed by atoms with Crippen LogP contribution in [0, 0.1) is 5.92 Å². The number of nitrogens with one attached hydrogen (secondary N) is 2. The first-order valence-electron chi connectivity index (χ1n) is 10.9. The lowest BCUT2D eigenvalue weighted by molar-refractivity contribution is 0.389. The van der Waals surface area contributed by atoms with Gasteiger partial charge in [-0.2, -0.15) is 5.21 Å². The van der Waals surface area contributed by atoms with Gasteiger partial charge < -0.3 is 5.48 Å². The molecule has 2 aromatic heterocycles. The van der Waals surface area contributed by atoms with Crippen molar-refractivity contribution < 1.29 is 13.9 Å². The SMILES string of the molecule is O.O=S(=O)(NCCCCC(CCCc1cccnc1)CCc1nn[nH]n1)c1ccc(Cl)cc1. The molecule has 33 heavy (non-hydrogen) atoms. The number of benzene rings is 1. The van der Waals surface area contributed by atoms with Crippen LogP contribution in [0.1, 0.15) is 49.9 Å². The standard InChI is InChI=1S/C22H29ClN6O2S.H2O/c23-20-10-12-21(13-11-20)32(30,31)25-16-2-1-5-18(9-14-22-26-28-29-27-22)6-3-7-19-8-4-15-24-17-19;/h4,8,10-13,15,17-18,25H,1-3,5-7,9,14,16H2,(H,26,27,28,29);1H2. The monoisotopic (exact) mass is 494 g/mol. The fourth-order valence-corrected chi connectivity index (χ4v) is 4.86. The molecule has 1 unspecified atom stereocenters. The molecular formula is C22H31ClN6O3S. The molecule has 0 aliphatic carbocycles. The highest BCUT2D eigenvalue weighted by Gasteiger charge is 2.14. The molecule has 0 amide bonds. The molecule has 0 spiro atoms. The summed E-state index contributed by atoms with van der Waals surface area (Å²) in [6, 6.07) is 10.3. The Bertz CT molecular complexity index is 1020. The molecule has 2 heterocycles. The van der Waals surface area contributed by atoms with Gasteiger partial charge in [0.15, 0.2) is 5.82 Å². The van der Waals surface area contributed by atoms with Gasteiger partial charge in [-0.15, -0.1) is 10.2 Å². The predicted octanol–water partition coefficient (Wildman–Crippen LogP) is 3.14. The highest BCUT2D eigenvalue weighted by molar-refractivity contribution is 7.89. The average Bonchev–Trinajstić information content (AvgIpc) is 3.31. The maximum Gasteiger partial charge on any atom is 0.240 e. The smallest absolute Gasteiger partial charge is 0.240 e. The molecule has 180 valence electrons. The molecule has 11 heteroatoms. The molecule has 0 fully saturated rings. The molecule has 1 atom stereocenters. The summed E-state index contributed by atoms with van der Waals surface area (Å²) in [6.45, 7) is 0.415. The van der Waals surface area contributed by atoms with Crippen LogP contribution < -0.4 is 4.72 Å². The number of tetrazole rings is 1. The number of H-pyrrole nitrogens is 1. The summed E-state index contributed by atoms with van der Waals surface area (Å²) in [5.41, 5.74) is 1.25. The molecule has 9 nitrogen and oxygen atoms in total. The molecule has 0 aliphatic rings. The first kappa shape index (κ1) is 26.8. The van der Waals surface area contributed by atoms with Gasteiger partial charge in [-0.25, -0.2) is 13.1 Å². The fourth-order valence-electron chi connectivity index (χ4n) is 3.66. The van der Waals surface area contributed by atoms with Crippen molar-refractivity contribution in [3.63, 3.8) is 0 Å². The van der Waals surface area contributed by atoms with E-state index in [2.05, 4.69) is 36.4 Å². The van der Waals surface area contributed by atoms with Crippen LogP contribution in [0.2, 0.25) is 5.02 Å².